The number of hydrogen-bond donors (Lipinski definition) is 1. The number of nitrogens with one attached hydrogen (secondary N) is 1. The van der Waals surface area contributed by atoms with Crippen LogP contribution in [0.1, 0.15) is 53.6 Å². The summed E-state index contributed by atoms with van der Waals surface area (Å²) >= 11 is 0. The van der Waals surface area contributed by atoms with Crippen molar-refractivity contribution in [3.8, 4) is 17.3 Å². The second kappa shape index (κ2) is 7.55. The van der Waals surface area contributed by atoms with Crippen molar-refractivity contribution in [2.75, 3.05) is 0 Å². The van der Waals surface area contributed by atoms with E-state index >= 15 is 0 Å². The Kier molecular flexibility index (Phi) is 4.59. The highest BCUT2D eigenvalue weighted by Crippen LogP contribution is 2.38. The predicted octanol–water partition coefficient (Wildman–Crippen LogP) is 3.69. The molecule has 0 spiro atoms. The molecule has 0 aliphatic heterocycles. The summed E-state index contributed by atoms with van der Waals surface area (Å²) in [6.45, 7) is 1.94. The lowest BCUT2D eigenvalue weighted by molar-refractivity contribution is 0.0935. The van der Waals surface area contributed by atoms with Crippen molar-refractivity contribution in [3.63, 3.8) is 0 Å². The van der Waals surface area contributed by atoms with Crippen molar-refractivity contribution in [1.29, 1.82) is 0 Å². The van der Waals surface area contributed by atoms with Gasteiger partial charge in [0.1, 0.15) is 17.8 Å². The zero-order valence-corrected chi connectivity index (χ0v) is 16.4. The van der Waals surface area contributed by atoms with Gasteiger partial charge in [0.25, 0.3) is 11.8 Å². The van der Waals surface area contributed by atoms with E-state index in [2.05, 4.69) is 25.4 Å². The lowest BCUT2D eigenvalue weighted by Crippen LogP contribution is -2.26. The Morgan fingerprint density at radius 2 is 2.00 bits per heavy atom. The van der Waals surface area contributed by atoms with Crippen molar-refractivity contribution >= 4 is 5.91 Å². The fourth-order valence-electron chi connectivity index (χ4n) is 3.19. The molecule has 1 amide bonds. The molecule has 4 aromatic rings. The molecule has 1 unspecified atom stereocenters. The fourth-order valence-corrected chi connectivity index (χ4v) is 3.19. The number of nitrogens with zero attached hydrogens (tertiary/aromatic N) is 5. The molecule has 1 N–H and O–H groups in total. The van der Waals surface area contributed by atoms with Gasteiger partial charge in [-0.25, -0.2) is 9.97 Å². The van der Waals surface area contributed by atoms with Crippen LogP contribution in [0.4, 0.5) is 0 Å². The molecule has 1 atom stereocenters. The lowest BCUT2D eigenvalue weighted by atomic mass is 10.1. The summed E-state index contributed by atoms with van der Waals surface area (Å²) in [5.74, 6) is 2.08. The van der Waals surface area contributed by atoms with Crippen LogP contribution < -0.4 is 5.32 Å². The minimum Gasteiger partial charge on any atom is -0.344 e. The molecule has 0 saturated heterocycles. The summed E-state index contributed by atoms with van der Waals surface area (Å²) in [6.07, 6.45) is 7.15. The maximum atomic E-state index is 12.5. The molecule has 3 heterocycles. The van der Waals surface area contributed by atoms with Crippen LogP contribution in [0.2, 0.25) is 0 Å². The molecule has 0 bridgehead atoms. The summed E-state index contributed by atoms with van der Waals surface area (Å²) < 4.78 is 7.04. The first-order chi connectivity index (χ1) is 14.7. The SMILES string of the molecule is CC(NC(=O)c1cn(-c2ccc(-c3nc(C4CC4)no3)cn2)cn1)c1ccccc1. The number of hydrogen-bond acceptors (Lipinski definition) is 6. The van der Waals surface area contributed by atoms with Crippen LogP contribution in [0.3, 0.4) is 0 Å². The van der Waals surface area contributed by atoms with Gasteiger partial charge in [-0.05, 0) is 37.5 Å². The first-order valence-electron chi connectivity index (χ1n) is 9.87. The van der Waals surface area contributed by atoms with E-state index in [1.807, 2.05) is 49.4 Å². The van der Waals surface area contributed by atoms with E-state index in [1.54, 1.807) is 23.3 Å². The van der Waals surface area contributed by atoms with Gasteiger partial charge in [0, 0.05) is 18.3 Å². The van der Waals surface area contributed by atoms with Crippen LogP contribution in [0.15, 0.2) is 65.7 Å². The number of aromatic nitrogens is 5. The molecule has 30 heavy (non-hydrogen) atoms. The Labute approximate surface area is 173 Å². The molecule has 1 aromatic carbocycles. The van der Waals surface area contributed by atoms with Crippen LogP contribution in [-0.2, 0) is 0 Å². The number of carbonyl (C=O) groups excluding carboxylic acids is 1. The van der Waals surface area contributed by atoms with Gasteiger partial charge >= 0.3 is 0 Å². The van der Waals surface area contributed by atoms with Crippen molar-refractivity contribution in [2.24, 2.45) is 0 Å². The van der Waals surface area contributed by atoms with Gasteiger partial charge in [-0.1, -0.05) is 35.5 Å². The first-order valence-corrected chi connectivity index (χ1v) is 9.87. The first kappa shape index (κ1) is 18.2. The normalized spacial score (nSPS) is 14.4. The van der Waals surface area contributed by atoms with Gasteiger partial charge in [-0.2, -0.15) is 4.98 Å². The Bertz CT molecular complexity index is 1160. The topological polar surface area (TPSA) is 98.7 Å². The third kappa shape index (κ3) is 3.71. The molecule has 1 aliphatic rings. The molecule has 8 heteroatoms. The number of carbonyl (C=O) groups is 1. The van der Waals surface area contributed by atoms with Crippen LogP contribution in [0.25, 0.3) is 17.3 Å². The number of imidazole rings is 1. The molecular formula is C22H20N6O2. The van der Waals surface area contributed by atoms with E-state index in [0.717, 1.165) is 29.8 Å². The fraction of sp³-hybridized carbons (Fsp3) is 0.227. The largest absolute Gasteiger partial charge is 0.344 e. The van der Waals surface area contributed by atoms with Crippen molar-refractivity contribution < 1.29 is 9.32 Å². The highest BCUT2D eigenvalue weighted by molar-refractivity contribution is 5.92. The van der Waals surface area contributed by atoms with Crippen LogP contribution in [0.5, 0.6) is 0 Å². The summed E-state index contributed by atoms with van der Waals surface area (Å²) in [6, 6.07) is 13.4. The third-order valence-corrected chi connectivity index (χ3v) is 5.11. The number of benzene rings is 1. The standard InChI is InChI=1S/C22H20N6O2/c1-14(15-5-3-2-4-6-15)25-21(29)18-12-28(13-24-18)19-10-9-17(11-23-19)22-26-20(27-30-22)16-7-8-16/h2-6,9-14,16H,7-8H2,1H3,(H,25,29). The molecule has 5 rings (SSSR count). The van der Waals surface area contributed by atoms with E-state index in [9.17, 15) is 4.79 Å². The minimum absolute atomic E-state index is 0.115. The smallest absolute Gasteiger partial charge is 0.271 e. The monoisotopic (exact) mass is 400 g/mol. The molecule has 1 aliphatic carbocycles. The van der Waals surface area contributed by atoms with E-state index in [4.69, 9.17) is 4.52 Å². The Morgan fingerprint density at radius 3 is 2.73 bits per heavy atom. The van der Waals surface area contributed by atoms with Crippen molar-refractivity contribution in [2.45, 2.75) is 31.7 Å². The summed E-state index contributed by atoms with van der Waals surface area (Å²) in [4.78, 5) is 25.6. The number of pyridine rings is 1. The molecule has 1 fully saturated rings. The molecule has 8 nitrogen and oxygen atoms in total. The van der Waals surface area contributed by atoms with Gasteiger partial charge in [0.2, 0.25) is 0 Å². The zero-order valence-electron chi connectivity index (χ0n) is 16.4. The van der Waals surface area contributed by atoms with E-state index < -0.39 is 0 Å². The van der Waals surface area contributed by atoms with Gasteiger partial charge in [0.05, 0.1) is 11.6 Å². The average Bonchev–Trinajstić information content (AvgIpc) is 3.31. The Hall–Kier alpha value is -3.81. The van der Waals surface area contributed by atoms with E-state index in [1.165, 1.54) is 0 Å². The summed E-state index contributed by atoms with van der Waals surface area (Å²) in [5, 5.41) is 6.99. The van der Waals surface area contributed by atoms with E-state index in [0.29, 0.717) is 23.3 Å². The quantitative estimate of drug-likeness (QED) is 0.530. The summed E-state index contributed by atoms with van der Waals surface area (Å²) in [5.41, 5.74) is 2.12. The van der Waals surface area contributed by atoms with Crippen molar-refractivity contribution in [1.82, 2.24) is 30.0 Å². The van der Waals surface area contributed by atoms with Gasteiger partial charge < -0.3 is 9.84 Å². The maximum Gasteiger partial charge on any atom is 0.271 e. The van der Waals surface area contributed by atoms with Crippen molar-refractivity contribution in [3.05, 3.63) is 78.3 Å². The molecular weight excluding hydrogens is 380 g/mol. The molecule has 150 valence electrons. The maximum absolute atomic E-state index is 12.5. The van der Waals surface area contributed by atoms with Crippen LogP contribution in [0, 0.1) is 0 Å². The Balaban J connectivity index is 1.28. The van der Waals surface area contributed by atoms with Gasteiger partial charge in [0.15, 0.2) is 5.82 Å². The second-order valence-electron chi connectivity index (χ2n) is 7.41. The molecule has 3 aromatic heterocycles. The lowest BCUT2D eigenvalue weighted by Gasteiger charge is -2.13. The average molecular weight is 400 g/mol. The van der Waals surface area contributed by atoms with Crippen LogP contribution in [-0.4, -0.2) is 30.6 Å². The summed E-state index contributed by atoms with van der Waals surface area (Å²) in [7, 11) is 0. The highest BCUT2D eigenvalue weighted by Gasteiger charge is 2.29. The number of rotatable bonds is 6. The van der Waals surface area contributed by atoms with Gasteiger partial charge in [-0.15, -0.1) is 0 Å². The van der Waals surface area contributed by atoms with Crippen LogP contribution >= 0.6 is 0 Å². The molecule has 0 radical (unpaired) electrons. The second-order valence-corrected chi connectivity index (χ2v) is 7.41. The number of amides is 1. The van der Waals surface area contributed by atoms with Gasteiger partial charge in [-0.3, -0.25) is 9.36 Å². The minimum atomic E-state index is -0.236. The Morgan fingerprint density at radius 1 is 1.17 bits per heavy atom. The highest BCUT2D eigenvalue weighted by atomic mass is 16.5. The third-order valence-electron chi connectivity index (χ3n) is 5.11. The van der Waals surface area contributed by atoms with E-state index in [-0.39, 0.29) is 11.9 Å². The predicted molar refractivity (Wildman–Crippen MR) is 109 cm³/mol. The zero-order chi connectivity index (χ0) is 20.5. The molecule has 1 saturated carbocycles.